The van der Waals surface area contributed by atoms with Gasteiger partial charge in [0.1, 0.15) is 11.6 Å². The number of rotatable bonds is 4. The van der Waals surface area contributed by atoms with Crippen LogP contribution in [0.4, 0.5) is 5.69 Å². The Bertz CT molecular complexity index is 1240. The maximum atomic E-state index is 12.7. The Morgan fingerprint density at radius 2 is 1.84 bits per heavy atom. The molecule has 0 amide bonds. The van der Waals surface area contributed by atoms with Crippen LogP contribution >= 0.6 is 23.2 Å². The number of carbonyl (C=O) groups is 1. The van der Waals surface area contributed by atoms with Gasteiger partial charge in [-0.05, 0) is 48.5 Å². The molecule has 5 rings (SSSR count). The smallest absolute Gasteiger partial charge is 0.338 e. The molecule has 2 aromatic heterocycles. The molecule has 1 saturated heterocycles. The number of halogens is 2. The standard InChI is InChI=1S/C23H17Cl2N3O3/c24-16-9-15(10-17(25)12-16)22-27-20-2-1-14(11-21(20)31-22)23(29)30-19-5-8-28(13-19)18-3-6-26-7-4-18/h1-4,6-7,9-12,19H,5,8,13H2. The van der Waals surface area contributed by atoms with E-state index >= 15 is 0 Å². The van der Waals surface area contributed by atoms with Crippen LogP contribution in [-0.4, -0.2) is 35.1 Å². The van der Waals surface area contributed by atoms with E-state index in [2.05, 4.69) is 14.9 Å². The summed E-state index contributed by atoms with van der Waals surface area (Å²) in [5.41, 5.74) is 3.28. The third kappa shape index (κ3) is 4.22. The van der Waals surface area contributed by atoms with Crippen LogP contribution in [0.1, 0.15) is 16.8 Å². The molecular weight excluding hydrogens is 437 g/mol. The Kier molecular flexibility index (Phi) is 5.26. The summed E-state index contributed by atoms with van der Waals surface area (Å²) < 4.78 is 11.6. The Balaban J connectivity index is 1.32. The zero-order valence-electron chi connectivity index (χ0n) is 16.3. The molecule has 0 spiro atoms. The maximum Gasteiger partial charge on any atom is 0.338 e. The van der Waals surface area contributed by atoms with Gasteiger partial charge in [-0.3, -0.25) is 4.98 Å². The lowest BCUT2D eigenvalue weighted by molar-refractivity contribution is 0.0348. The molecule has 1 aliphatic heterocycles. The first-order chi connectivity index (χ1) is 15.0. The highest BCUT2D eigenvalue weighted by Gasteiger charge is 2.26. The Hall–Kier alpha value is -3.09. The second-order valence-corrected chi connectivity index (χ2v) is 8.20. The van der Waals surface area contributed by atoms with Gasteiger partial charge in [0.15, 0.2) is 5.58 Å². The molecule has 2 aromatic carbocycles. The number of esters is 1. The average Bonchev–Trinajstić information content (AvgIpc) is 3.40. The van der Waals surface area contributed by atoms with Gasteiger partial charge in [-0.1, -0.05) is 23.2 Å². The molecule has 0 radical (unpaired) electrons. The van der Waals surface area contributed by atoms with Crippen LogP contribution in [0.5, 0.6) is 0 Å². The van der Waals surface area contributed by atoms with E-state index in [0.29, 0.717) is 44.7 Å². The molecule has 0 aliphatic carbocycles. The molecule has 0 bridgehead atoms. The normalized spacial score (nSPS) is 16.1. The molecule has 3 heterocycles. The van der Waals surface area contributed by atoms with Crippen molar-refractivity contribution in [2.75, 3.05) is 18.0 Å². The molecule has 0 saturated carbocycles. The van der Waals surface area contributed by atoms with Crippen molar-refractivity contribution in [1.29, 1.82) is 0 Å². The van der Waals surface area contributed by atoms with Gasteiger partial charge in [-0.15, -0.1) is 0 Å². The number of anilines is 1. The number of hydrogen-bond donors (Lipinski definition) is 0. The van der Waals surface area contributed by atoms with E-state index in [4.69, 9.17) is 32.4 Å². The SMILES string of the molecule is O=C(OC1CCN(c2ccncc2)C1)c1ccc2nc(-c3cc(Cl)cc(Cl)c3)oc2c1. The lowest BCUT2D eigenvalue weighted by atomic mass is 10.2. The summed E-state index contributed by atoms with van der Waals surface area (Å²) in [5, 5.41) is 0.984. The fraction of sp³-hybridized carbons (Fsp3) is 0.174. The number of benzene rings is 2. The van der Waals surface area contributed by atoms with Crippen LogP contribution < -0.4 is 4.90 Å². The highest BCUT2D eigenvalue weighted by Crippen LogP contribution is 2.30. The number of nitrogens with zero attached hydrogens (tertiary/aromatic N) is 3. The first kappa shape index (κ1) is 19.8. The zero-order valence-corrected chi connectivity index (χ0v) is 17.8. The number of hydrogen-bond acceptors (Lipinski definition) is 6. The average molecular weight is 454 g/mol. The van der Waals surface area contributed by atoms with E-state index in [1.54, 1.807) is 48.8 Å². The van der Waals surface area contributed by atoms with E-state index in [-0.39, 0.29) is 12.1 Å². The number of fused-ring (bicyclic) bond motifs is 1. The quantitative estimate of drug-likeness (QED) is 0.372. The van der Waals surface area contributed by atoms with Gasteiger partial charge in [0.25, 0.3) is 0 Å². The fourth-order valence-corrected chi connectivity index (χ4v) is 4.21. The second kappa shape index (κ2) is 8.21. The first-order valence-electron chi connectivity index (χ1n) is 9.78. The van der Waals surface area contributed by atoms with Gasteiger partial charge in [0, 0.05) is 46.7 Å². The monoisotopic (exact) mass is 453 g/mol. The summed E-state index contributed by atoms with van der Waals surface area (Å²) in [5.74, 6) is 0.000862. The summed E-state index contributed by atoms with van der Waals surface area (Å²) in [4.78, 5) is 23.4. The van der Waals surface area contributed by atoms with Crippen LogP contribution in [0, 0.1) is 0 Å². The van der Waals surface area contributed by atoms with Gasteiger partial charge in [0.05, 0.1) is 12.1 Å². The molecule has 8 heteroatoms. The van der Waals surface area contributed by atoms with Crippen molar-refractivity contribution < 1.29 is 13.9 Å². The van der Waals surface area contributed by atoms with E-state index in [9.17, 15) is 4.79 Å². The lowest BCUT2D eigenvalue weighted by Gasteiger charge is -2.18. The van der Waals surface area contributed by atoms with Crippen molar-refractivity contribution in [3.63, 3.8) is 0 Å². The van der Waals surface area contributed by atoms with E-state index in [1.165, 1.54) is 0 Å². The molecule has 31 heavy (non-hydrogen) atoms. The Morgan fingerprint density at radius 1 is 1.06 bits per heavy atom. The van der Waals surface area contributed by atoms with Crippen LogP contribution in [0.2, 0.25) is 10.0 Å². The van der Waals surface area contributed by atoms with E-state index in [0.717, 1.165) is 18.7 Å². The van der Waals surface area contributed by atoms with Gasteiger partial charge in [-0.25, -0.2) is 9.78 Å². The summed E-state index contributed by atoms with van der Waals surface area (Å²) >= 11 is 12.1. The van der Waals surface area contributed by atoms with Gasteiger partial charge >= 0.3 is 5.97 Å². The Morgan fingerprint density at radius 3 is 2.61 bits per heavy atom. The molecule has 4 aromatic rings. The third-order valence-electron chi connectivity index (χ3n) is 5.18. The van der Waals surface area contributed by atoms with E-state index < -0.39 is 0 Å². The molecule has 1 unspecified atom stereocenters. The van der Waals surface area contributed by atoms with Crippen molar-refractivity contribution >= 4 is 46.0 Å². The number of ether oxygens (including phenoxy) is 1. The van der Waals surface area contributed by atoms with Crippen molar-refractivity contribution in [3.05, 3.63) is 76.5 Å². The minimum atomic E-state index is -0.382. The van der Waals surface area contributed by atoms with Crippen molar-refractivity contribution in [2.24, 2.45) is 0 Å². The van der Waals surface area contributed by atoms with Crippen molar-refractivity contribution in [3.8, 4) is 11.5 Å². The van der Waals surface area contributed by atoms with Crippen LogP contribution in [0.3, 0.4) is 0 Å². The highest BCUT2D eigenvalue weighted by atomic mass is 35.5. The molecule has 1 aliphatic rings. The summed E-state index contributed by atoms with van der Waals surface area (Å²) in [6.07, 6.45) is 4.12. The van der Waals surface area contributed by atoms with Gasteiger partial charge in [-0.2, -0.15) is 0 Å². The molecular formula is C23H17Cl2N3O3. The molecule has 0 N–H and O–H groups in total. The van der Waals surface area contributed by atoms with Gasteiger partial charge in [0.2, 0.25) is 5.89 Å². The lowest BCUT2D eigenvalue weighted by Crippen LogP contribution is -2.24. The largest absolute Gasteiger partial charge is 0.457 e. The number of oxazole rings is 1. The number of pyridine rings is 1. The molecule has 6 nitrogen and oxygen atoms in total. The summed E-state index contributed by atoms with van der Waals surface area (Å²) in [6.45, 7) is 1.48. The number of carbonyl (C=O) groups excluding carboxylic acids is 1. The van der Waals surface area contributed by atoms with Gasteiger partial charge < -0.3 is 14.1 Å². The minimum Gasteiger partial charge on any atom is -0.457 e. The molecule has 156 valence electrons. The first-order valence-corrected chi connectivity index (χ1v) is 10.5. The topological polar surface area (TPSA) is 68.5 Å². The molecule has 1 fully saturated rings. The maximum absolute atomic E-state index is 12.7. The predicted octanol–water partition coefficient (Wildman–Crippen LogP) is 5.63. The van der Waals surface area contributed by atoms with Crippen molar-refractivity contribution in [1.82, 2.24) is 9.97 Å². The minimum absolute atomic E-state index is 0.171. The second-order valence-electron chi connectivity index (χ2n) is 7.33. The Labute approximate surface area is 188 Å². The third-order valence-corrected chi connectivity index (χ3v) is 5.62. The summed E-state index contributed by atoms with van der Waals surface area (Å²) in [7, 11) is 0. The van der Waals surface area contributed by atoms with Crippen LogP contribution in [0.15, 0.2) is 65.3 Å². The number of aromatic nitrogens is 2. The van der Waals surface area contributed by atoms with Crippen LogP contribution in [0.25, 0.3) is 22.6 Å². The molecule has 1 atom stereocenters. The van der Waals surface area contributed by atoms with E-state index in [1.807, 2.05) is 12.1 Å². The highest BCUT2D eigenvalue weighted by molar-refractivity contribution is 6.35. The fourth-order valence-electron chi connectivity index (χ4n) is 3.69. The predicted molar refractivity (Wildman–Crippen MR) is 120 cm³/mol. The van der Waals surface area contributed by atoms with Crippen molar-refractivity contribution in [2.45, 2.75) is 12.5 Å². The summed E-state index contributed by atoms with van der Waals surface area (Å²) in [6, 6.07) is 14.1. The zero-order chi connectivity index (χ0) is 21.4. The van der Waals surface area contributed by atoms with Crippen LogP contribution in [-0.2, 0) is 4.74 Å².